The van der Waals surface area contributed by atoms with Gasteiger partial charge in [-0.25, -0.2) is 0 Å². The largest absolute Gasteiger partial charge is 0.376 e. The third-order valence-electron chi connectivity index (χ3n) is 2.90. The smallest absolute Gasteiger partial charge is 0.243 e. The Balaban J connectivity index is 1.99. The van der Waals surface area contributed by atoms with Crippen LogP contribution in [-0.2, 0) is 4.79 Å². The summed E-state index contributed by atoms with van der Waals surface area (Å²) in [5, 5.41) is 6.64. The van der Waals surface area contributed by atoms with E-state index in [2.05, 4.69) is 16.7 Å². The Kier molecular flexibility index (Phi) is 5.10. The lowest BCUT2D eigenvalue weighted by atomic mass is 10.1. The van der Waals surface area contributed by atoms with E-state index in [-0.39, 0.29) is 12.5 Å². The van der Waals surface area contributed by atoms with Crippen LogP contribution in [0.3, 0.4) is 0 Å². The van der Waals surface area contributed by atoms with Crippen molar-refractivity contribution >= 4 is 40.5 Å². The van der Waals surface area contributed by atoms with Gasteiger partial charge in [0.1, 0.15) is 0 Å². The Morgan fingerprint density at radius 2 is 1.62 bits per heavy atom. The van der Waals surface area contributed by atoms with Gasteiger partial charge in [-0.2, -0.15) is 0 Å². The van der Waals surface area contributed by atoms with Gasteiger partial charge in [-0.05, 0) is 49.2 Å². The summed E-state index contributed by atoms with van der Waals surface area (Å²) in [4.78, 5) is 12.0. The highest BCUT2D eigenvalue weighted by atomic mass is 35.5. The maximum absolute atomic E-state index is 12.0. The Morgan fingerprint density at radius 3 is 2.19 bits per heavy atom. The maximum Gasteiger partial charge on any atom is 0.243 e. The average molecular weight is 323 g/mol. The highest BCUT2D eigenvalue weighted by molar-refractivity contribution is 6.39. The van der Waals surface area contributed by atoms with E-state index in [1.807, 2.05) is 26.0 Å². The van der Waals surface area contributed by atoms with Gasteiger partial charge in [0.2, 0.25) is 5.91 Å². The minimum absolute atomic E-state index is 0.143. The van der Waals surface area contributed by atoms with Crippen molar-refractivity contribution in [3.05, 3.63) is 57.6 Å². The molecule has 2 rings (SSSR count). The summed E-state index contributed by atoms with van der Waals surface area (Å²) in [6.45, 7) is 4.17. The molecule has 0 radical (unpaired) electrons. The summed E-state index contributed by atoms with van der Waals surface area (Å²) in [5.74, 6) is -0.204. The molecule has 5 heteroatoms. The van der Waals surface area contributed by atoms with Gasteiger partial charge in [-0.3, -0.25) is 4.79 Å². The lowest BCUT2D eigenvalue weighted by Gasteiger charge is -2.11. The minimum atomic E-state index is -0.204. The molecule has 0 atom stereocenters. The monoisotopic (exact) mass is 322 g/mol. The molecular weight excluding hydrogens is 307 g/mol. The first-order valence-corrected chi connectivity index (χ1v) is 7.27. The number of para-hydroxylation sites is 1. The van der Waals surface area contributed by atoms with Crippen molar-refractivity contribution in [1.29, 1.82) is 0 Å². The predicted molar refractivity (Wildman–Crippen MR) is 89.5 cm³/mol. The predicted octanol–water partition coefficient (Wildman–Crippen LogP) is 4.66. The zero-order valence-corrected chi connectivity index (χ0v) is 13.3. The Labute approximate surface area is 134 Å². The van der Waals surface area contributed by atoms with Gasteiger partial charge >= 0.3 is 0 Å². The van der Waals surface area contributed by atoms with Gasteiger partial charge in [-0.1, -0.05) is 35.3 Å². The van der Waals surface area contributed by atoms with Gasteiger partial charge in [0.05, 0.1) is 22.3 Å². The number of nitrogens with one attached hydrogen (secondary N) is 2. The molecule has 0 saturated heterocycles. The third kappa shape index (κ3) is 4.38. The molecule has 0 aliphatic rings. The molecule has 0 fully saturated rings. The molecule has 110 valence electrons. The average Bonchev–Trinajstić information content (AvgIpc) is 2.40. The Hall–Kier alpha value is -1.71. The van der Waals surface area contributed by atoms with E-state index in [0.717, 1.165) is 16.8 Å². The number of aryl methyl sites for hydroxylation is 2. The molecule has 0 saturated carbocycles. The summed E-state index contributed by atoms with van der Waals surface area (Å²) in [7, 11) is 0. The molecule has 21 heavy (non-hydrogen) atoms. The highest BCUT2D eigenvalue weighted by Crippen LogP contribution is 2.29. The van der Waals surface area contributed by atoms with Crippen molar-refractivity contribution in [2.45, 2.75) is 13.8 Å². The van der Waals surface area contributed by atoms with Crippen molar-refractivity contribution in [3.8, 4) is 0 Å². The Morgan fingerprint density at radius 1 is 1.05 bits per heavy atom. The first-order valence-electron chi connectivity index (χ1n) is 6.52. The number of hydrogen-bond donors (Lipinski definition) is 2. The zero-order valence-electron chi connectivity index (χ0n) is 11.8. The number of amides is 1. The van der Waals surface area contributed by atoms with E-state index in [1.165, 1.54) is 0 Å². The van der Waals surface area contributed by atoms with Gasteiger partial charge in [0.15, 0.2) is 0 Å². The van der Waals surface area contributed by atoms with E-state index < -0.39 is 0 Å². The van der Waals surface area contributed by atoms with Crippen molar-refractivity contribution in [2.24, 2.45) is 0 Å². The molecule has 0 bridgehead atoms. The lowest BCUT2D eigenvalue weighted by Crippen LogP contribution is -2.22. The van der Waals surface area contributed by atoms with E-state index in [9.17, 15) is 4.79 Å². The van der Waals surface area contributed by atoms with Crippen LogP contribution >= 0.6 is 23.2 Å². The molecule has 0 heterocycles. The summed E-state index contributed by atoms with van der Waals surface area (Å²) in [6.07, 6.45) is 0. The number of halogens is 2. The van der Waals surface area contributed by atoms with Crippen LogP contribution in [0.25, 0.3) is 0 Å². The molecule has 0 spiro atoms. The fourth-order valence-electron chi connectivity index (χ4n) is 2.06. The molecule has 0 aliphatic heterocycles. The van der Waals surface area contributed by atoms with Crippen LogP contribution in [0, 0.1) is 13.8 Å². The summed E-state index contributed by atoms with van der Waals surface area (Å²) in [6, 6.07) is 11.1. The SMILES string of the molecule is Cc1cc(C)cc(NCC(=O)Nc2c(Cl)cccc2Cl)c1. The number of benzene rings is 2. The normalized spacial score (nSPS) is 10.3. The van der Waals surface area contributed by atoms with Gasteiger partial charge in [-0.15, -0.1) is 0 Å². The molecule has 0 aromatic heterocycles. The van der Waals surface area contributed by atoms with Crippen molar-refractivity contribution in [2.75, 3.05) is 17.2 Å². The lowest BCUT2D eigenvalue weighted by molar-refractivity contribution is -0.114. The first kappa shape index (κ1) is 15.7. The first-order chi connectivity index (χ1) is 9.95. The van der Waals surface area contributed by atoms with Crippen LogP contribution in [0.4, 0.5) is 11.4 Å². The van der Waals surface area contributed by atoms with E-state index >= 15 is 0 Å². The van der Waals surface area contributed by atoms with Crippen molar-refractivity contribution in [3.63, 3.8) is 0 Å². The van der Waals surface area contributed by atoms with Crippen LogP contribution in [0.1, 0.15) is 11.1 Å². The van der Waals surface area contributed by atoms with E-state index in [1.54, 1.807) is 18.2 Å². The number of carbonyl (C=O) groups is 1. The molecule has 2 aromatic carbocycles. The van der Waals surface area contributed by atoms with Crippen LogP contribution in [0.2, 0.25) is 10.0 Å². The molecule has 2 aromatic rings. The van der Waals surface area contributed by atoms with Gasteiger partial charge < -0.3 is 10.6 Å². The quantitative estimate of drug-likeness (QED) is 0.859. The summed E-state index contributed by atoms with van der Waals surface area (Å²) in [5.41, 5.74) is 3.64. The molecule has 0 unspecified atom stereocenters. The molecule has 2 N–H and O–H groups in total. The van der Waals surface area contributed by atoms with Gasteiger partial charge in [0, 0.05) is 5.69 Å². The van der Waals surface area contributed by atoms with E-state index in [4.69, 9.17) is 23.2 Å². The number of anilines is 2. The maximum atomic E-state index is 12.0. The Bertz CT molecular complexity index is 631. The number of hydrogen-bond acceptors (Lipinski definition) is 2. The second kappa shape index (κ2) is 6.83. The number of carbonyl (C=O) groups excluding carboxylic acids is 1. The fraction of sp³-hybridized carbons (Fsp3) is 0.188. The van der Waals surface area contributed by atoms with Crippen LogP contribution in [-0.4, -0.2) is 12.5 Å². The molecular formula is C16H16Cl2N2O. The summed E-state index contributed by atoms with van der Waals surface area (Å²) >= 11 is 12.0. The van der Waals surface area contributed by atoms with Crippen molar-refractivity contribution in [1.82, 2.24) is 0 Å². The minimum Gasteiger partial charge on any atom is -0.376 e. The molecule has 0 aliphatic carbocycles. The van der Waals surface area contributed by atoms with E-state index in [0.29, 0.717) is 15.7 Å². The van der Waals surface area contributed by atoms with Gasteiger partial charge in [0.25, 0.3) is 0 Å². The molecule has 1 amide bonds. The topological polar surface area (TPSA) is 41.1 Å². The zero-order chi connectivity index (χ0) is 15.4. The van der Waals surface area contributed by atoms with Crippen LogP contribution < -0.4 is 10.6 Å². The fourth-order valence-corrected chi connectivity index (χ4v) is 2.55. The van der Waals surface area contributed by atoms with Crippen LogP contribution in [0.5, 0.6) is 0 Å². The second-order valence-corrected chi connectivity index (χ2v) is 5.69. The van der Waals surface area contributed by atoms with Crippen LogP contribution in [0.15, 0.2) is 36.4 Å². The third-order valence-corrected chi connectivity index (χ3v) is 3.53. The standard InChI is InChI=1S/C16H16Cl2N2O/c1-10-6-11(2)8-12(7-10)19-9-15(21)20-16-13(17)4-3-5-14(16)18/h3-8,19H,9H2,1-2H3,(H,20,21). The highest BCUT2D eigenvalue weighted by Gasteiger charge is 2.09. The summed E-state index contributed by atoms with van der Waals surface area (Å²) < 4.78 is 0. The molecule has 3 nitrogen and oxygen atoms in total. The van der Waals surface area contributed by atoms with Crippen molar-refractivity contribution < 1.29 is 4.79 Å². The number of rotatable bonds is 4. The second-order valence-electron chi connectivity index (χ2n) is 4.87.